The summed E-state index contributed by atoms with van der Waals surface area (Å²) < 4.78 is 18.7. The van der Waals surface area contributed by atoms with Crippen LogP contribution in [0.5, 0.6) is 17.2 Å². The van der Waals surface area contributed by atoms with Gasteiger partial charge in [0, 0.05) is 24.6 Å². The first-order chi connectivity index (χ1) is 19.5. The third kappa shape index (κ3) is 14.6. The number of benzene rings is 1. The van der Waals surface area contributed by atoms with Crippen molar-refractivity contribution >= 4 is 14.3 Å². The van der Waals surface area contributed by atoms with E-state index in [1.54, 1.807) is 0 Å². The molecule has 5 heteroatoms. The minimum atomic E-state index is -2.15. The van der Waals surface area contributed by atoms with Crippen LogP contribution in [0.15, 0.2) is 42.5 Å². The minimum absolute atomic E-state index is 0.0174. The van der Waals surface area contributed by atoms with Crippen LogP contribution in [-0.4, -0.2) is 20.4 Å². The highest BCUT2D eigenvalue weighted by atomic mass is 28.4. The Balaban J connectivity index is 2.54. The summed E-state index contributed by atoms with van der Waals surface area (Å²) in [5, 5.41) is 0. The van der Waals surface area contributed by atoms with Crippen LogP contribution < -0.4 is 13.9 Å². The highest BCUT2D eigenvalue weighted by Gasteiger charge is 2.47. The summed E-state index contributed by atoms with van der Waals surface area (Å²) in [6.45, 7) is 19.9. The Hall–Kier alpha value is -2.01. The lowest BCUT2D eigenvalue weighted by atomic mass is 10.1. The zero-order valence-electron chi connectivity index (χ0n) is 28.0. The van der Waals surface area contributed by atoms with E-state index in [-0.39, 0.29) is 12.1 Å². The molecule has 0 N–H and O–H groups in total. The first-order valence-electron chi connectivity index (χ1n) is 16.5. The predicted molar refractivity (Wildman–Crippen MR) is 179 cm³/mol. The number of hydrogen-bond acceptors (Lipinski definition) is 4. The van der Waals surface area contributed by atoms with E-state index in [1.165, 1.54) is 38.5 Å². The number of unbranched alkanes of at least 4 members (excludes halogenated alkanes) is 8. The minimum Gasteiger partial charge on any atom is -0.543 e. The summed E-state index contributed by atoms with van der Waals surface area (Å²) in [5.41, 5.74) is 1.34. The molecule has 1 rings (SSSR count). The monoisotopic (exact) mass is 586 g/mol. The largest absolute Gasteiger partial charge is 0.543 e. The van der Waals surface area contributed by atoms with Crippen LogP contribution in [0.25, 0.3) is 0 Å². The summed E-state index contributed by atoms with van der Waals surface area (Å²) >= 11 is 0. The van der Waals surface area contributed by atoms with Crippen LogP contribution in [0.3, 0.4) is 0 Å². The molecule has 0 amide bonds. The van der Waals surface area contributed by atoms with Crippen LogP contribution in [0.2, 0.25) is 16.6 Å². The van der Waals surface area contributed by atoms with Crippen molar-refractivity contribution in [2.24, 2.45) is 0 Å². The average molecular weight is 587 g/mol. The molecule has 4 nitrogen and oxygen atoms in total. The Morgan fingerprint density at radius 3 is 1.76 bits per heavy atom. The molecule has 0 saturated carbocycles. The van der Waals surface area contributed by atoms with Crippen molar-refractivity contribution in [3.05, 3.63) is 42.5 Å². The van der Waals surface area contributed by atoms with Crippen molar-refractivity contribution in [2.45, 2.75) is 162 Å². The van der Waals surface area contributed by atoms with Crippen molar-refractivity contribution in [1.29, 1.82) is 0 Å². The fraction of sp³-hybridized carbons (Fsp3) is 0.694. The van der Waals surface area contributed by atoms with Crippen molar-refractivity contribution < 1.29 is 18.7 Å². The molecule has 0 spiro atoms. The van der Waals surface area contributed by atoms with E-state index in [1.807, 2.05) is 32.0 Å². The summed E-state index contributed by atoms with van der Waals surface area (Å²) in [6, 6.07) is 5.63. The third-order valence-corrected chi connectivity index (χ3v) is 13.8. The maximum Gasteiger partial charge on any atom is 0.311 e. The van der Waals surface area contributed by atoms with Crippen LogP contribution in [-0.2, 0) is 4.79 Å². The summed E-state index contributed by atoms with van der Waals surface area (Å²) in [7, 11) is -2.15. The van der Waals surface area contributed by atoms with E-state index in [2.05, 4.69) is 72.8 Å². The molecule has 0 radical (unpaired) electrons. The van der Waals surface area contributed by atoms with Crippen molar-refractivity contribution in [1.82, 2.24) is 0 Å². The first kappa shape index (κ1) is 37.0. The van der Waals surface area contributed by atoms with Crippen molar-refractivity contribution in [3.8, 4) is 17.2 Å². The summed E-state index contributed by atoms with van der Waals surface area (Å²) in [4.78, 5) is 12.7. The molecule has 41 heavy (non-hydrogen) atoms. The molecule has 234 valence electrons. The molecule has 0 bridgehead atoms. The second-order valence-corrected chi connectivity index (χ2v) is 18.1. The molecule has 0 aliphatic heterocycles. The van der Waals surface area contributed by atoms with Gasteiger partial charge in [-0.05, 0) is 69.0 Å². The van der Waals surface area contributed by atoms with Gasteiger partial charge in [-0.15, -0.1) is 0 Å². The number of hydrogen-bond donors (Lipinski definition) is 0. The fourth-order valence-corrected chi connectivity index (χ4v) is 11.1. The van der Waals surface area contributed by atoms with E-state index in [9.17, 15) is 4.79 Å². The lowest BCUT2D eigenvalue weighted by molar-refractivity contribution is -0.134. The summed E-state index contributed by atoms with van der Waals surface area (Å²) in [5.74, 6) is 1.73. The van der Waals surface area contributed by atoms with Crippen molar-refractivity contribution in [3.63, 3.8) is 0 Å². The van der Waals surface area contributed by atoms with E-state index in [0.29, 0.717) is 34.5 Å². The quantitative estimate of drug-likeness (QED) is 0.0445. The smallest absolute Gasteiger partial charge is 0.311 e. The van der Waals surface area contributed by atoms with Gasteiger partial charge in [-0.2, -0.15) is 0 Å². The van der Waals surface area contributed by atoms with Gasteiger partial charge in [0.1, 0.15) is 17.2 Å². The topological polar surface area (TPSA) is 44.8 Å². The second-order valence-electron chi connectivity index (χ2n) is 12.7. The molecule has 0 aliphatic carbocycles. The van der Waals surface area contributed by atoms with Crippen LogP contribution >= 0.6 is 0 Å². The zero-order chi connectivity index (χ0) is 30.7. The van der Waals surface area contributed by atoms with E-state index in [0.717, 1.165) is 37.9 Å². The van der Waals surface area contributed by atoms with Gasteiger partial charge in [0.15, 0.2) is 0 Å². The van der Waals surface area contributed by atoms with Gasteiger partial charge in [0.2, 0.25) is 0 Å². The number of allylic oxidation sites excluding steroid dienone is 4. The van der Waals surface area contributed by atoms with Gasteiger partial charge in [-0.25, -0.2) is 0 Å². The van der Waals surface area contributed by atoms with Gasteiger partial charge in [-0.3, -0.25) is 4.79 Å². The lowest BCUT2D eigenvalue weighted by Crippen LogP contribution is -2.50. The number of carbonyl (C=O) groups is 1. The Morgan fingerprint density at radius 2 is 1.20 bits per heavy atom. The Bertz CT molecular complexity index is 879. The molecule has 0 aliphatic rings. The maximum atomic E-state index is 12.7. The summed E-state index contributed by atoms with van der Waals surface area (Å²) in [6.07, 6.45) is 22.4. The molecular weight excluding hydrogens is 524 g/mol. The molecular formula is C36H62O4Si. The molecule has 0 unspecified atom stereocenters. The SMILES string of the molecule is CCCCC/C=C\C/C=C\CCCCCCCC(=O)Oc1cc(OC(C)C)cc(O[Si](C(C)C)(C(C)C)C(C)C)c1. The molecule has 0 saturated heterocycles. The predicted octanol–water partition coefficient (Wildman–Crippen LogP) is 11.7. The molecule has 0 aromatic heterocycles. The van der Waals surface area contributed by atoms with Gasteiger partial charge >= 0.3 is 5.97 Å². The lowest BCUT2D eigenvalue weighted by Gasteiger charge is -2.42. The van der Waals surface area contributed by atoms with E-state index in [4.69, 9.17) is 13.9 Å². The highest BCUT2D eigenvalue weighted by Crippen LogP contribution is 2.44. The Labute approximate surface area is 254 Å². The maximum absolute atomic E-state index is 12.7. The molecule has 0 atom stereocenters. The molecule has 1 aromatic rings. The standard InChI is InChI=1S/C36H62O4Si/c1-10-11-12-13-14-15-16-17-18-19-20-21-22-23-24-25-36(37)39-34-26-33(38-29(2)3)27-35(28-34)40-41(30(4)5,31(6)7)32(8)9/h14-15,17-18,26-32H,10-13,16,19-25H2,1-9H3/b15-14-,18-17-. The molecule has 1 aromatic carbocycles. The molecule has 0 heterocycles. The van der Waals surface area contributed by atoms with Gasteiger partial charge in [0.05, 0.1) is 6.10 Å². The van der Waals surface area contributed by atoms with Crippen LogP contribution in [0, 0.1) is 0 Å². The number of carbonyl (C=O) groups excluding carboxylic acids is 1. The van der Waals surface area contributed by atoms with E-state index < -0.39 is 8.32 Å². The zero-order valence-corrected chi connectivity index (χ0v) is 29.0. The normalized spacial score (nSPS) is 12.5. The van der Waals surface area contributed by atoms with Crippen molar-refractivity contribution in [2.75, 3.05) is 0 Å². The van der Waals surface area contributed by atoms with E-state index >= 15 is 0 Å². The number of rotatable bonds is 22. The Kier molecular flexibility index (Phi) is 18.8. The van der Waals surface area contributed by atoms with Crippen LogP contribution in [0.1, 0.15) is 139 Å². The van der Waals surface area contributed by atoms with Gasteiger partial charge < -0.3 is 13.9 Å². The highest BCUT2D eigenvalue weighted by molar-refractivity contribution is 6.78. The fourth-order valence-electron chi connectivity index (χ4n) is 5.82. The molecule has 0 fully saturated rings. The van der Waals surface area contributed by atoms with Gasteiger partial charge in [0.25, 0.3) is 8.32 Å². The Morgan fingerprint density at radius 1 is 0.683 bits per heavy atom. The third-order valence-electron chi connectivity index (χ3n) is 7.79. The number of ether oxygens (including phenoxy) is 2. The number of esters is 1. The second kappa shape index (κ2) is 20.8. The van der Waals surface area contributed by atoms with Crippen LogP contribution in [0.4, 0.5) is 0 Å². The van der Waals surface area contributed by atoms with Gasteiger partial charge in [-0.1, -0.05) is 105 Å². The average Bonchev–Trinajstić information content (AvgIpc) is 2.88. The first-order valence-corrected chi connectivity index (χ1v) is 18.7.